The zero-order chi connectivity index (χ0) is 20.7. The van der Waals surface area contributed by atoms with Crippen molar-refractivity contribution in [1.29, 1.82) is 0 Å². The average Bonchev–Trinajstić information content (AvgIpc) is 3.36. The topological polar surface area (TPSA) is 91.2 Å². The summed E-state index contributed by atoms with van der Waals surface area (Å²) in [6.45, 7) is 5.75. The number of piperidine rings is 1. The van der Waals surface area contributed by atoms with E-state index in [1.165, 1.54) is 6.42 Å². The fourth-order valence-corrected chi connectivity index (χ4v) is 4.05. The highest BCUT2D eigenvalue weighted by Gasteiger charge is 2.22. The molecular weight excluding hydrogens is 378 g/mol. The Labute approximate surface area is 174 Å². The van der Waals surface area contributed by atoms with Crippen molar-refractivity contribution in [1.82, 2.24) is 29.5 Å². The minimum absolute atomic E-state index is 0.0634. The molecule has 8 nitrogen and oxygen atoms in total. The van der Waals surface area contributed by atoms with Crippen LogP contribution in [0.2, 0.25) is 0 Å². The normalized spacial score (nSPS) is 14.7. The summed E-state index contributed by atoms with van der Waals surface area (Å²) in [6, 6.07) is 4.28. The fourth-order valence-electron chi connectivity index (χ4n) is 4.05. The number of hydrogen-bond donors (Lipinski definition) is 2. The van der Waals surface area contributed by atoms with Crippen LogP contribution >= 0.6 is 0 Å². The molecule has 154 valence electrons. The number of aromatic amines is 1. The Morgan fingerprint density at radius 3 is 2.83 bits per heavy atom. The van der Waals surface area contributed by atoms with Gasteiger partial charge in [-0.15, -0.1) is 0 Å². The van der Waals surface area contributed by atoms with Crippen molar-refractivity contribution in [3.05, 3.63) is 42.5 Å². The number of rotatable bonds is 4. The number of fused-ring (bicyclic) bond motifs is 2. The van der Waals surface area contributed by atoms with E-state index < -0.39 is 0 Å². The quantitative estimate of drug-likeness (QED) is 0.542. The molecule has 0 aromatic carbocycles. The molecule has 1 aliphatic heterocycles. The van der Waals surface area contributed by atoms with Gasteiger partial charge in [0.1, 0.15) is 5.65 Å². The first-order valence-electron chi connectivity index (χ1n) is 10.5. The number of amides is 1. The summed E-state index contributed by atoms with van der Waals surface area (Å²) in [6.07, 6.45) is 10.7. The SMILES string of the molecule is CC(C)Nc1ncc2c(-c3ccn4ncc(C(=O)N5CCCCC5)c4c3)c[nH]c2n1. The number of likely N-dealkylation sites (tertiary alicyclic amines) is 1. The third-order valence-electron chi connectivity index (χ3n) is 5.56. The van der Waals surface area contributed by atoms with Crippen molar-refractivity contribution in [2.24, 2.45) is 0 Å². The van der Waals surface area contributed by atoms with Crippen molar-refractivity contribution in [3.63, 3.8) is 0 Å². The second-order valence-corrected chi connectivity index (χ2v) is 8.11. The molecule has 1 aliphatic rings. The third kappa shape index (κ3) is 3.28. The molecular formula is C22H25N7O. The lowest BCUT2D eigenvalue weighted by molar-refractivity contribution is 0.0726. The number of carbonyl (C=O) groups excluding carboxylic acids is 1. The molecule has 5 heterocycles. The van der Waals surface area contributed by atoms with Gasteiger partial charge in [-0.2, -0.15) is 10.1 Å². The van der Waals surface area contributed by atoms with Crippen molar-refractivity contribution in [3.8, 4) is 11.1 Å². The number of aromatic nitrogens is 5. The fraction of sp³-hybridized carbons (Fsp3) is 0.364. The molecule has 1 saturated heterocycles. The van der Waals surface area contributed by atoms with Gasteiger partial charge in [-0.1, -0.05) is 0 Å². The minimum atomic E-state index is 0.0634. The number of pyridine rings is 1. The largest absolute Gasteiger partial charge is 0.352 e. The van der Waals surface area contributed by atoms with E-state index in [4.69, 9.17) is 0 Å². The van der Waals surface area contributed by atoms with Gasteiger partial charge >= 0.3 is 0 Å². The van der Waals surface area contributed by atoms with Crippen LogP contribution in [-0.4, -0.2) is 54.5 Å². The molecule has 30 heavy (non-hydrogen) atoms. The van der Waals surface area contributed by atoms with E-state index in [0.717, 1.165) is 53.6 Å². The summed E-state index contributed by atoms with van der Waals surface area (Å²) in [5, 5.41) is 8.55. The van der Waals surface area contributed by atoms with E-state index in [2.05, 4.69) is 39.2 Å². The zero-order valence-corrected chi connectivity index (χ0v) is 17.2. The number of H-pyrrole nitrogens is 1. The van der Waals surface area contributed by atoms with Crippen LogP contribution in [0.3, 0.4) is 0 Å². The van der Waals surface area contributed by atoms with Gasteiger partial charge in [0.05, 0.1) is 17.3 Å². The average molecular weight is 403 g/mol. The Hall–Kier alpha value is -3.42. The summed E-state index contributed by atoms with van der Waals surface area (Å²) >= 11 is 0. The zero-order valence-electron chi connectivity index (χ0n) is 17.2. The van der Waals surface area contributed by atoms with Crippen molar-refractivity contribution in [2.75, 3.05) is 18.4 Å². The maximum Gasteiger partial charge on any atom is 0.257 e. The predicted molar refractivity (Wildman–Crippen MR) is 117 cm³/mol. The van der Waals surface area contributed by atoms with E-state index in [1.54, 1.807) is 10.7 Å². The van der Waals surface area contributed by atoms with Gasteiger partial charge < -0.3 is 15.2 Å². The summed E-state index contributed by atoms with van der Waals surface area (Å²) in [5.41, 5.74) is 4.24. The molecule has 5 rings (SSSR count). The summed E-state index contributed by atoms with van der Waals surface area (Å²) in [5.74, 6) is 0.667. The lowest BCUT2D eigenvalue weighted by Crippen LogP contribution is -2.35. The van der Waals surface area contributed by atoms with Gasteiger partial charge in [-0.25, -0.2) is 9.50 Å². The lowest BCUT2D eigenvalue weighted by Gasteiger charge is -2.26. The molecule has 0 atom stereocenters. The number of nitrogens with one attached hydrogen (secondary N) is 2. The maximum absolute atomic E-state index is 13.0. The molecule has 0 bridgehead atoms. The molecule has 0 saturated carbocycles. The van der Waals surface area contributed by atoms with Crippen molar-refractivity contribution >= 4 is 28.4 Å². The van der Waals surface area contributed by atoms with E-state index >= 15 is 0 Å². The van der Waals surface area contributed by atoms with Crippen LogP contribution in [0, 0.1) is 0 Å². The van der Waals surface area contributed by atoms with Crippen LogP contribution in [0.5, 0.6) is 0 Å². The number of carbonyl (C=O) groups is 1. The first-order valence-corrected chi connectivity index (χ1v) is 10.5. The lowest BCUT2D eigenvalue weighted by atomic mass is 10.1. The first kappa shape index (κ1) is 18.6. The van der Waals surface area contributed by atoms with Crippen LogP contribution in [0.25, 0.3) is 27.7 Å². The smallest absolute Gasteiger partial charge is 0.257 e. The van der Waals surface area contributed by atoms with Gasteiger partial charge in [0.2, 0.25) is 5.95 Å². The molecule has 4 aromatic rings. The van der Waals surface area contributed by atoms with Crippen LogP contribution in [0.1, 0.15) is 43.5 Å². The standard InChI is InChI=1S/C22H25N7O/c1-14(2)26-22-24-12-17-16(11-23-20(17)27-22)15-6-9-29-19(10-15)18(13-25-29)21(30)28-7-4-3-5-8-28/h6,9-14H,3-5,7-8H2,1-2H3,(H2,23,24,26,27). The highest BCUT2D eigenvalue weighted by Crippen LogP contribution is 2.29. The molecule has 8 heteroatoms. The molecule has 0 radical (unpaired) electrons. The van der Waals surface area contributed by atoms with Gasteiger partial charge in [0, 0.05) is 48.7 Å². The minimum Gasteiger partial charge on any atom is -0.352 e. The van der Waals surface area contributed by atoms with Gasteiger partial charge in [-0.3, -0.25) is 4.79 Å². The monoisotopic (exact) mass is 403 g/mol. The molecule has 1 amide bonds. The number of hydrogen-bond acceptors (Lipinski definition) is 5. The van der Waals surface area contributed by atoms with E-state index in [9.17, 15) is 4.79 Å². The van der Waals surface area contributed by atoms with Gasteiger partial charge in [0.25, 0.3) is 5.91 Å². The second-order valence-electron chi connectivity index (χ2n) is 8.11. The summed E-state index contributed by atoms with van der Waals surface area (Å²) in [4.78, 5) is 27.2. The predicted octanol–water partition coefficient (Wildman–Crippen LogP) is 3.72. The highest BCUT2D eigenvalue weighted by atomic mass is 16.2. The van der Waals surface area contributed by atoms with Crippen molar-refractivity contribution < 1.29 is 4.79 Å². The molecule has 0 unspecified atom stereocenters. The Kier molecular flexibility index (Phi) is 4.61. The molecule has 1 fully saturated rings. The summed E-state index contributed by atoms with van der Waals surface area (Å²) in [7, 11) is 0. The Balaban J connectivity index is 1.53. The van der Waals surface area contributed by atoms with Gasteiger partial charge in [0.15, 0.2) is 0 Å². The second kappa shape index (κ2) is 7.44. The third-order valence-corrected chi connectivity index (χ3v) is 5.56. The maximum atomic E-state index is 13.0. The Morgan fingerprint density at radius 1 is 1.20 bits per heavy atom. The number of nitrogens with zero attached hydrogens (tertiary/aromatic N) is 5. The first-order chi connectivity index (χ1) is 14.6. The van der Waals surface area contributed by atoms with Crippen molar-refractivity contribution in [2.45, 2.75) is 39.2 Å². The van der Waals surface area contributed by atoms with E-state index in [-0.39, 0.29) is 11.9 Å². The van der Waals surface area contributed by atoms with Gasteiger partial charge in [-0.05, 0) is 50.8 Å². The Morgan fingerprint density at radius 2 is 2.03 bits per heavy atom. The Bertz CT molecular complexity index is 1220. The number of anilines is 1. The van der Waals surface area contributed by atoms with Crippen LogP contribution in [0.15, 0.2) is 36.9 Å². The molecule has 2 N–H and O–H groups in total. The molecule has 0 aliphatic carbocycles. The van der Waals surface area contributed by atoms with E-state index in [1.807, 2.05) is 35.6 Å². The molecule has 0 spiro atoms. The van der Waals surface area contributed by atoms with Crippen LogP contribution in [0.4, 0.5) is 5.95 Å². The summed E-state index contributed by atoms with van der Waals surface area (Å²) < 4.78 is 1.76. The highest BCUT2D eigenvalue weighted by molar-refractivity contribution is 6.02. The van der Waals surface area contributed by atoms with Crippen LogP contribution in [-0.2, 0) is 0 Å². The molecule has 4 aromatic heterocycles. The van der Waals surface area contributed by atoms with E-state index in [0.29, 0.717) is 11.5 Å². The van der Waals surface area contributed by atoms with Crippen LogP contribution < -0.4 is 5.32 Å².